The molecule has 1 heterocycles. The quantitative estimate of drug-likeness (QED) is 0.593. The molecule has 2 aromatic carbocycles. The number of benzene rings is 2. The van der Waals surface area contributed by atoms with Crippen LogP contribution in [0.4, 0.5) is 5.69 Å². The summed E-state index contributed by atoms with van der Waals surface area (Å²) in [6.07, 6.45) is 3.51. The lowest BCUT2D eigenvalue weighted by atomic mass is 9.75. The molecule has 0 fully saturated rings. The van der Waals surface area contributed by atoms with E-state index in [9.17, 15) is 4.79 Å². The van der Waals surface area contributed by atoms with Crippen molar-refractivity contribution in [1.82, 2.24) is 10.3 Å². The monoisotopic (exact) mass is 374 g/mol. The smallest absolute Gasteiger partial charge is 0.245 e. The first-order valence-corrected chi connectivity index (χ1v) is 9.33. The third-order valence-electron chi connectivity index (χ3n) is 5.23. The van der Waals surface area contributed by atoms with E-state index in [4.69, 9.17) is 5.73 Å². The Bertz CT molecular complexity index is 875. The summed E-state index contributed by atoms with van der Waals surface area (Å²) in [5.74, 6) is -0.326. The number of likely N-dealkylation sites (N-methyl/N-ethyl adjacent to an activating group) is 1. The Morgan fingerprint density at radius 2 is 1.61 bits per heavy atom. The van der Waals surface area contributed by atoms with Gasteiger partial charge in [0, 0.05) is 30.5 Å². The van der Waals surface area contributed by atoms with Crippen LogP contribution in [0.25, 0.3) is 0 Å². The van der Waals surface area contributed by atoms with E-state index in [1.54, 1.807) is 12.4 Å². The van der Waals surface area contributed by atoms with Crippen molar-refractivity contribution in [3.8, 4) is 0 Å². The van der Waals surface area contributed by atoms with Crippen LogP contribution in [0.2, 0.25) is 0 Å². The topological polar surface area (TPSA) is 80.0 Å². The van der Waals surface area contributed by atoms with Gasteiger partial charge in [-0.15, -0.1) is 0 Å². The Hall–Kier alpha value is -3.02. The lowest BCUT2D eigenvalue weighted by Gasteiger charge is -2.37. The van der Waals surface area contributed by atoms with Crippen LogP contribution in [0.15, 0.2) is 79.1 Å². The Kier molecular flexibility index (Phi) is 6.19. The molecule has 0 aliphatic rings. The van der Waals surface area contributed by atoms with E-state index < -0.39 is 5.54 Å². The van der Waals surface area contributed by atoms with E-state index in [0.29, 0.717) is 6.54 Å². The highest BCUT2D eigenvalue weighted by Gasteiger charge is 2.42. The minimum absolute atomic E-state index is 0.124. The lowest BCUT2D eigenvalue weighted by Crippen LogP contribution is -2.55. The fourth-order valence-corrected chi connectivity index (χ4v) is 3.52. The first-order valence-electron chi connectivity index (χ1n) is 9.33. The third-order valence-corrected chi connectivity index (χ3v) is 5.23. The summed E-state index contributed by atoms with van der Waals surface area (Å²) in [5, 5.41) is 6.35. The summed E-state index contributed by atoms with van der Waals surface area (Å²) >= 11 is 0. The fraction of sp³-hybridized carbons (Fsp3) is 0.217. The zero-order valence-electron chi connectivity index (χ0n) is 16.2. The number of hydrogen-bond donors (Lipinski definition) is 3. The third kappa shape index (κ3) is 3.96. The molecule has 0 saturated carbocycles. The molecule has 28 heavy (non-hydrogen) atoms. The number of carbonyl (C=O) groups excluding carboxylic acids is 1. The number of carbonyl (C=O) groups is 1. The van der Waals surface area contributed by atoms with Crippen molar-refractivity contribution in [2.75, 3.05) is 12.4 Å². The first-order chi connectivity index (χ1) is 13.6. The van der Waals surface area contributed by atoms with Crippen molar-refractivity contribution in [1.29, 1.82) is 0 Å². The van der Waals surface area contributed by atoms with E-state index in [-0.39, 0.29) is 11.8 Å². The average Bonchev–Trinajstić information content (AvgIpc) is 2.75. The molecular formula is C23H26N4O. The zero-order chi connectivity index (χ0) is 20.0. The molecule has 1 amide bonds. The number of nitrogens with zero attached hydrogens (tertiary/aromatic N) is 1. The summed E-state index contributed by atoms with van der Waals surface area (Å²) in [6.45, 7) is 2.28. The van der Waals surface area contributed by atoms with Crippen LogP contribution in [-0.4, -0.2) is 23.5 Å². The summed E-state index contributed by atoms with van der Waals surface area (Å²) in [7, 11) is 1.81. The van der Waals surface area contributed by atoms with Gasteiger partial charge < -0.3 is 16.4 Å². The molecule has 4 N–H and O–H groups in total. The summed E-state index contributed by atoms with van der Waals surface area (Å²) in [5.41, 5.74) is 8.63. The fourth-order valence-electron chi connectivity index (χ4n) is 3.52. The van der Waals surface area contributed by atoms with E-state index in [0.717, 1.165) is 22.4 Å². The maximum absolute atomic E-state index is 13.5. The Morgan fingerprint density at radius 1 is 1.00 bits per heavy atom. The Labute approximate surface area is 166 Å². The maximum Gasteiger partial charge on any atom is 0.245 e. The summed E-state index contributed by atoms with van der Waals surface area (Å²) < 4.78 is 0. The van der Waals surface area contributed by atoms with E-state index in [1.165, 1.54) is 0 Å². The second-order valence-electron chi connectivity index (χ2n) is 6.89. The predicted molar refractivity (Wildman–Crippen MR) is 113 cm³/mol. The molecule has 2 atom stereocenters. The van der Waals surface area contributed by atoms with Gasteiger partial charge in [0.05, 0.1) is 0 Å². The number of para-hydroxylation sites is 1. The first kappa shape index (κ1) is 19.7. The molecule has 0 aliphatic heterocycles. The van der Waals surface area contributed by atoms with Crippen LogP contribution in [0.1, 0.15) is 29.5 Å². The minimum Gasteiger partial charge on any atom is -0.326 e. The molecule has 1 unspecified atom stereocenters. The van der Waals surface area contributed by atoms with Gasteiger partial charge in [-0.25, -0.2) is 0 Å². The number of amides is 1. The number of pyridine rings is 1. The van der Waals surface area contributed by atoms with Gasteiger partial charge in [0.25, 0.3) is 0 Å². The highest BCUT2D eigenvalue weighted by Crippen LogP contribution is 2.35. The van der Waals surface area contributed by atoms with Crippen molar-refractivity contribution in [2.45, 2.75) is 24.9 Å². The molecule has 0 saturated heterocycles. The molecule has 0 spiro atoms. The van der Waals surface area contributed by atoms with Gasteiger partial charge in [-0.3, -0.25) is 9.78 Å². The van der Waals surface area contributed by atoms with Crippen LogP contribution in [0.5, 0.6) is 0 Å². The number of rotatable bonds is 7. The highest BCUT2D eigenvalue weighted by molar-refractivity contribution is 5.99. The number of hydrogen-bond acceptors (Lipinski definition) is 4. The van der Waals surface area contributed by atoms with Crippen LogP contribution in [0.3, 0.4) is 0 Å². The van der Waals surface area contributed by atoms with E-state index in [2.05, 4.69) is 15.6 Å². The van der Waals surface area contributed by atoms with Crippen molar-refractivity contribution >= 4 is 11.6 Å². The van der Waals surface area contributed by atoms with Crippen LogP contribution >= 0.6 is 0 Å². The molecule has 5 nitrogen and oxygen atoms in total. The van der Waals surface area contributed by atoms with Crippen LogP contribution in [-0.2, 0) is 11.3 Å². The highest BCUT2D eigenvalue weighted by atomic mass is 16.2. The molecule has 0 radical (unpaired) electrons. The summed E-state index contributed by atoms with van der Waals surface area (Å²) in [4.78, 5) is 17.6. The van der Waals surface area contributed by atoms with Gasteiger partial charge >= 0.3 is 0 Å². The largest absolute Gasteiger partial charge is 0.326 e. The molecule has 3 rings (SSSR count). The SMILES string of the molecule is CN[C@](C)(C(=O)Nc1ccccc1CN)C(c1ccccc1)c1ccncc1. The molecule has 5 heteroatoms. The second kappa shape index (κ2) is 8.78. The van der Waals surface area contributed by atoms with Gasteiger partial charge in [0.2, 0.25) is 5.91 Å². The van der Waals surface area contributed by atoms with Crippen molar-refractivity contribution in [2.24, 2.45) is 5.73 Å². The van der Waals surface area contributed by atoms with E-state index in [1.807, 2.05) is 80.7 Å². The maximum atomic E-state index is 13.5. The zero-order valence-corrected chi connectivity index (χ0v) is 16.2. The van der Waals surface area contributed by atoms with Gasteiger partial charge in [0.1, 0.15) is 5.54 Å². The summed E-state index contributed by atoms with van der Waals surface area (Å²) in [6, 6.07) is 21.5. The minimum atomic E-state index is -0.898. The van der Waals surface area contributed by atoms with Gasteiger partial charge in [0.15, 0.2) is 0 Å². The van der Waals surface area contributed by atoms with Crippen molar-refractivity contribution < 1.29 is 4.79 Å². The number of nitrogens with one attached hydrogen (secondary N) is 2. The number of anilines is 1. The van der Waals surface area contributed by atoms with Crippen molar-refractivity contribution in [3.05, 3.63) is 95.8 Å². The van der Waals surface area contributed by atoms with Crippen LogP contribution < -0.4 is 16.4 Å². The van der Waals surface area contributed by atoms with Gasteiger partial charge in [-0.05, 0) is 48.9 Å². The Morgan fingerprint density at radius 3 is 2.25 bits per heavy atom. The molecule has 144 valence electrons. The van der Waals surface area contributed by atoms with Crippen molar-refractivity contribution in [3.63, 3.8) is 0 Å². The Balaban J connectivity index is 2.04. The lowest BCUT2D eigenvalue weighted by molar-refractivity contribution is -0.122. The van der Waals surface area contributed by atoms with E-state index >= 15 is 0 Å². The molecule has 1 aromatic heterocycles. The molecular weight excluding hydrogens is 348 g/mol. The normalized spacial score (nSPS) is 14.1. The second-order valence-corrected chi connectivity index (χ2v) is 6.89. The predicted octanol–water partition coefficient (Wildman–Crippen LogP) is 3.29. The van der Waals surface area contributed by atoms with Gasteiger partial charge in [-0.2, -0.15) is 0 Å². The van der Waals surface area contributed by atoms with Crippen LogP contribution in [0, 0.1) is 0 Å². The number of aromatic nitrogens is 1. The molecule has 3 aromatic rings. The number of nitrogens with two attached hydrogens (primary N) is 1. The van der Waals surface area contributed by atoms with Gasteiger partial charge in [-0.1, -0.05) is 48.5 Å². The molecule has 0 aliphatic carbocycles. The standard InChI is InChI=1S/C23H26N4O/c1-23(25-2,22(28)27-20-11-7-6-10-19(20)16-24)21(17-8-4-3-5-9-17)18-12-14-26-15-13-18/h3-15,21,25H,16,24H2,1-2H3,(H,27,28)/t21?,23-/m0/s1. The molecule has 0 bridgehead atoms. The average molecular weight is 374 g/mol.